The highest BCUT2D eigenvalue weighted by Gasteiger charge is 2.19. The first-order chi connectivity index (χ1) is 8.29. The maximum atomic E-state index is 11.5. The smallest absolute Gasteiger partial charge is 0.358 e. The van der Waals surface area contributed by atoms with E-state index in [1.165, 1.54) is 6.42 Å². The fourth-order valence-corrected chi connectivity index (χ4v) is 2.18. The third-order valence-corrected chi connectivity index (χ3v) is 2.96. The average molecular weight is 234 g/mol. The summed E-state index contributed by atoms with van der Waals surface area (Å²) in [6, 6.07) is 0. The van der Waals surface area contributed by atoms with Gasteiger partial charge < -0.3 is 4.74 Å². The summed E-state index contributed by atoms with van der Waals surface area (Å²) >= 11 is 0. The zero-order valence-corrected chi connectivity index (χ0v) is 9.72. The van der Waals surface area contributed by atoms with Crippen molar-refractivity contribution in [3.8, 4) is 0 Å². The number of ether oxygens (including phenoxy) is 1. The van der Waals surface area contributed by atoms with E-state index >= 15 is 0 Å². The van der Waals surface area contributed by atoms with E-state index in [2.05, 4.69) is 14.6 Å². The molecule has 0 unspecified atom stereocenters. The van der Waals surface area contributed by atoms with Crippen molar-refractivity contribution in [2.75, 3.05) is 6.61 Å². The lowest BCUT2D eigenvalue weighted by atomic mass is 10.2. The molecule has 17 heavy (non-hydrogen) atoms. The predicted octanol–water partition coefficient (Wildman–Crippen LogP) is 1.04. The molecule has 1 aliphatic heterocycles. The number of fused-ring (bicyclic) bond motifs is 3. The number of esters is 1. The van der Waals surface area contributed by atoms with E-state index < -0.39 is 0 Å². The van der Waals surface area contributed by atoms with E-state index in [1.807, 2.05) is 4.52 Å². The summed E-state index contributed by atoms with van der Waals surface area (Å²) in [5, 5.41) is 0. The first-order valence-electron chi connectivity index (χ1n) is 5.91. The lowest BCUT2D eigenvalue weighted by molar-refractivity contribution is 0.0520. The number of aryl methyl sites for hydroxylation is 2. The summed E-state index contributed by atoms with van der Waals surface area (Å²) in [7, 11) is 0. The molecule has 0 aliphatic carbocycles. The largest absolute Gasteiger partial charge is 0.461 e. The van der Waals surface area contributed by atoms with E-state index in [0.29, 0.717) is 18.1 Å². The van der Waals surface area contributed by atoms with E-state index in [9.17, 15) is 4.79 Å². The quantitative estimate of drug-likeness (QED) is 0.728. The van der Waals surface area contributed by atoms with Crippen LogP contribution < -0.4 is 0 Å². The Morgan fingerprint density at radius 3 is 3.18 bits per heavy atom. The van der Waals surface area contributed by atoms with Gasteiger partial charge in [0.15, 0.2) is 5.69 Å². The van der Waals surface area contributed by atoms with Crippen molar-refractivity contribution >= 4 is 11.7 Å². The second-order valence-electron chi connectivity index (χ2n) is 4.10. The van der Waals surface area contributed by atoms with Crippen LogP contribution in [0.15, 0.2) is 6.20 Å². The van der Waals surface area contributed by atoms with Gasteiger partial charge in [0.1, 0.15) is 5.82 Å². The maximum absolute atomic E-state index is 11.5. The molecule has 3 heterocycles. The number of hydrogen-bond acceptors (Lipinski definition) is 4. The Morgan fingerprint density at radius 1 is 1.47 bits per heavy atom. The van der Waals surface area contributed by atoms with Crippen LogP contribution in [0.4, 0.5) is 0 Å². The monoisotopic (exact) mass is 234 g/mol. The maximum Gasteiger partial charge on any atom is 0.358 e. The minimum absolute atomic E-state index is 0.329. The summed E-state index contributed by atoms with van der Waals surface area (Å²) in [5.74, 6) is 1.25. The standard InChI is InChI=1S/C11H14N4O2/c1-2-17-10(16)8-7-15-11(12-8)13-9-5-3-4-6-14(9)15/h7H,2-6H2,1H3. The Labute approximate surface area is 98.2 Å². The van der Waals surface area contributed by atoms with Gasteiger partial charge in [-0.3, -0.25) is 4.68 Å². The van der Waals surface area contributed by atoms with E-state index in [0.717, 1.165) is 25.2 Å². The normalized spacial score (nSPS) is 14.9. The molecule has 0 fully saturated rings. The van der Waals surface area contributed by atoms with Gasteiger partial charge in [-0.05, 0) is 19.8 Å². The van der Waals surface area contributed by atoms with Gasteiger partial charge in [0.05, 0.1) is 12.8 Å². The van der Waals surface area contributed by atoms with Crippen molar-refractivity contribution < 1.29 is 9.53 Å². The van der Waals surface area contributed by atoms with Gasteiger partial charge >= 0.3 is 5.97 Å². The molecule has 6 heteroatoms. The molecule has 6 nitrogen and oxygen atoms in total. The van der Waals surface area contributed by atoms with Crippen LogP contribution in [0.5, 0.6) is 0 Å². The summed E-state index contributed by atoms with van der Waals surface area (Å²) < 4.78 is 8.85. The molecule has 0 atom stereocenters. The molecule has 0 spiro atoms. The molecule has 0 aromatic carbocycles. The molecule has 2 aromatic heterocycles. The highest BCUT2D eigenvalue weighted by atomic mass is 16.5. The van der Waals surface area contributed by atoms with Crippen molar-refractivity contribution in [3.05, 3.63) is 17.7 Å². The summed E-state index contributed by atoms with van der Waals surface area (Å²) in [4.78, 5) is 20.2. The lowest BCUT2D eigenvalue weighted by Gasteiger charge is -2.13. The number of imidazole rings is 1. The van der Waals surface area contributed by atoms with Crippen LogP contribution in [0.25, 0.3) is 5.78 Å². The zero-order chi connectivity index (χ0) is 11.8. The summed E-state index contributed by atoms with van der Waals surface area (Å²) in [5.41, 5.74) is 0.329. The molecular formula is C11H14N4O2. The summed E-state index contributed by atoms with van der Waals surface area (Å²) in [6.07, 6.45) is 5.00. The van der Waals surface area contributed by atoms with E-state index in [-0.39, 0.29) is 5.97 Å². The molecule has 3 rings (SSSR count). The minimum atomic E-state index is -0.386. The Hall–Kier alpha value is -1.85. The first kappa shape index (κ1) is 10.3. The number of hydrogen-bond donors (Lipinski definition) is 0. The number of carbonyl (C=O) groups is 1. The molecular weight excluding hydrogens is 220 g/mol. The van der Waals surface area contributed by atoms with Crippen LogP contribution in [-0.4, -0.2) is 31.7 Å². The van der Waals surface area contributed by atoms with Gasteiger partial charge in [-0.25, -0.2) is 14.3 Å². The van der Waals surface area contributed by atoms with Gasteiger partial charge in [0.25, 0.3) is 5.78 Å². The average Bonchev–Trinajstić information content (AvgIpc) is 2.86. The highest BCUT2D eigenvalue weighted by molar-refractivity contribution is 5.87. The first-order valence-corrected chi connectivity index (χ1v) is 5.91. The van der Waals surface area contributed by atoms with Crippen molar-refractivity contribution in [1.82, 2.24) is 19.2 Å². The van der Waals surface area contributed by atoms with E-state index in [1.54, 1.807) is 13.1 Å². The van der Waals surface area contributed by atoms with Crippen LogP contribution >= 0.6 is 0 Å². The van der Waals surface area contributed by atoms with Crippen LogP contribution in [0.2, 0.25) is 0 Å². The van der Waals surface area contributed by atoms with E-state index in [4.69, 9.17) is 4.74 Å². The molecule has 2 aromatic rings. The molecule has 0 radical (unpaired) electrons. The predicted molar refractivity (Wildman–Crippen MR) is 59.9 cm³/mol. The minimum Gasteiger partial charge on any atom is -0.461 e. The fourth-order valence-electron chi connectivity index (χ4n) is 2.18. The van der Waals surface area contributed by atoms with Gasteiger partial charge in [0.2, 0.25) is 0 Å². The Morgan fingerprint density at radius 2 is 2.35 bits per heavy atom. The van der Waals surface area contributed by atoms with Gasteiger partial charge in [0, 0.05) is 13.0 Å². The SMILES string of the molecule is CCOC(=O)c1cn2c(n1)nc1n2CCCC1. The van der Waals surface area contributed by atoms with Crippen LogP contribution in [0.1, 0.15) is 36.1 Å². The van der Waals surface area contributed by atoms with Crippen LogP contribution in [-0.2, 0) is 17.7 Å². The van der Waals surface area contributed by atoms with Gasteiger partial charge in [-0.2, -0.15) is 4.98 Å². The fraction of sp³-hybridized carbons (Fsp3) is 0.545. The number of carbonyl (C=O) groups excluding carboxylic acids is 1. The summed E-state index contributed by atoms with van der Waals surface area (Å²) in [6.45, 7) is 3.08. The second-order valence-corrected chi connectivity index (χ2v) is 4.10. The molecule has 0 bridgehead atoms. The Bertz CT molecular complexity index is 569. The second kappa shape index (κ2) is 3.87. The van der Waals surface area contributed by atoms with Crippen LogP contribution in [0.3, 0.4) is 0 Å². The Balaban J connectivity index is 2.03. The van der Waals surface area contributed by atoms with Crippen molar-refractivity contribution in [2.45, 2.75) is 32.7 Å². The topological polar surface area (TPSA) is 61.4 Å². The van der Waals surface area contributed by atoms with Gasteiger partial charge in [-0.1, -0.05) is 0 Å². The molecule has 0 amide bonds. The van der Waals surface area contributed by atoms with Crippen molar-refractivity contribution in [2.24, 2.45) is 0 Å². The van der Waals surface area contributed by atoms with Crippen molar-refractivity contribution in [1.29, 1.82) is 0 Å². The Kier molecular flexibility index (Phi) is 2.35. The third-order valence-electron chi connectivity index (χ3n) is 2.96. The molecule has 0 saturated heterocycles. The van der Waals surface area contributed by atoms with Crippen LogP contribution in [0, 0.1) is 0 Å². The molecule has 90 valence electrons. The number of aromatic nitrogens is 4. The lowest BCUT2D eigenvalue weighted by Crippen LogP contribution is -2.14. The number of rotatable bonds is 2. The highest BCUT2D eigenvalue weighted by Crippen LogP contribution is 2.16. The molecule has 1 aliphatic rings. The molecule has 0 N–H and O–H groups in total. The third kappa shape index (κ3) is 1.60. The molecule has 0 saturated carbocycles. The zero-order valence-electron chi connectivity index (χ0n) is 9.72. The van der Waals surface area contributed by atoms with Gasteiger partial charge in [-0.15, -0.1) is 0 Å². The number of nitrogens with zero attached hydrogens (tertiary/aromatic N) is 4. The van der Waals surface area contributed by atoms with Crippen molar-refractivity contribution in [3.63, 3.8) is 0 Å².